The molecule has 1 saturated heterocycles. The van der Waals surface area contributed by atoms with E-state index in [0.717, 1.165) is 16.4 Å². The van der Waals surface area contributed by atoms with Gasteiger partial charge in [0.25, 0.3) is 11.5 Å². The lowest BCUT2D eigenvalue weighted by Crippen LogP contribution is -2.48. The van der Waals surface area contributed by atoms with Gasteiger partial charge in [0.05, 0.1) is 34.8 Å². The fraction of sp³-hybridized carbons (Fsp3) is 0.200. The van der Waals surface area contributed by atoms with E-state index in [4.69, 9.17) is 10.2 Å². The smallest absolute Gasteiger partial charge is 0.276 e. The van der Waals surface area contributed by atoms with Crippen LogP contribution in [0.25, 0.3) is 22.7 Å². The van der Waals surface area contributed by atoms with Crippen LogP contribution in [0.1, 0.15) is 21.6 Å². The Hall–Kier alpha value is -4.76. The Balaban J connectivity index is 1.14. The van der Waals surface area contributed by atoms with Crippen molar-refractivity contribution in [1.82, 2.24) is 34.3 Å². The van der Waals surface area contributed by atoms with Crippen LogP contribution in [0, 0.1) is 18.3 Å². The first-order valence-corrected chi connectivity index (χ1v) is 12.5. The summed E-state index contributed by atoms with van der Waals surface area (Å²) in [5.74, 6) is 0.141. The topological polar surface area (TPSA) is 128 Å². The first kappa shape index (κ1) is 22.7. The maximum absolute atomic E-state index is 13.3. The Morgan fingerprint density at radius 1 is 1.14 bits per heavy atom. The van der Waals surface area contributed by atoms with Crippen LogP contribution in [0.2, 0.25) is 0 Å². The molecular weight excluding hydrogens is 490 g/mol. The Morgan fingerprint density at radius 3 is 2.68 bits per heavy atom. The van der Waals surface area contributed by atoms with Crippen molar-refractivity contribution in [3.63, 3.8) is 0 Å². The number of hydrogen-bond donors (Lipinski definition) is 1. The molecule has 1 aliphatic heterocycles. The molecule has 0 bridgehead atoms. The summed E-state index contributed by atoms with van der Waals surface area (Å²) in [6, 6.07) is 12.9. The van der Waals surface area contributed by atoms with Crippen LogP contribution >= 0.6 is 11.3 Å². The zero-order valence-electron chi connectivity index (χ0n) is 19.8. The van der Waals surface area contributed by atoms with Gasteiger partial charge in [-0.25, -0.2) is 14.2 Å². The molecule has 1 aliphatic rings. The molecule has 4 aromatic heterocycles. The predicted molar refractivity (Wildman–Crippen MR) is 138 cm³/mol. The van der Waals surface area contributed by atoms with Crippen LogP contribution in [0.3, 0.4) is 0 Å². The molecule has 5 heterocycles. The van der Waals surface area contributed by atoms with Gasteiger partial charge >= 0.3 is 0 Å². The summed E-state index contributed by atoms with van der Waals surface area (Å²) >= 11 is 1.57. The van der Waals surface area contributed by atoms with Crippen LogP contribution in [0.4, 0.5) is 5.13 Å². The number of carbonyl (C=O) groups excluding carboxylic acids is 1. The normalized spacial score (nSPS) is 13.7. The second-order valence-electron chi connectivity index (χ2n) is 8.65. The van der Waals surface area contributed by atoms with Gasteiger partial charge in [-0.15, -0.1) is 16.4 Å². The van der Waals surface area contributed by atoms with E-state index >= 15 is 0 Å². The van der Waals surface area contributed by atoms with Crippen LogP contribution in [0.5, 0.6) is 0 Å². The summed E-state index contributed by atoms with van der Waals surface area (Å²) in [6.45, 7) is 4.23. The number of aromatic amines is 1. The minimum atomic E-state index is -0.279. The molecule has 184 valence electrons. The number of fused-ring (bicyclic) bond motifs is 1. The van der Waals surface area contributed by atoms with E-state index in [1.807, 2.05) is 22.4 Å². The van der Waals surface area contributed by atoms with Gasteiger partial charge in [0.2, 0.25) is 5.95 Å². The predicted octanol–water partition coefficient (Wildman–Crippen LogP) is 2.47. The van der Waals surface area contributed by atoms with Crippen molar-refractivity contribution in [2.45, 2.75) is 6.92 Å². The summed E-state index contributed by atoms with van der Waals surface area (Å²) in [6.07, 6.45) is 3.21. The number of nitriles is 1. The second-order valence-corrected chi connectivity index (χ2v) is 9.49. The molecule has 12 heteroatoms. The molecule has 1 fully saturated rings. The fourth-order valence-electron chi connectivity index (χ4n) is 4.39. The molecule has 0 radical (unpaired) electrons. The Kier molecular flexibility index (Phi) is 5.54. The summed E-state index contributed by atoms with van der Waals surface area (Å²) in [5, 5.41) is 20.6. The van der Waals surface area contributed by atoms with E-state index in [1.165, 1.54) is 15.4 Å². The van der Waals surface area contributed by atoms with Gasteiger partial charge in [-0.1, -0.05) is 12.1 Å². The van der Waals surface area contributed by atoms with Gasteiger partial charge in [-0.3, -0.25) is 14.6 Å². The number of aromatic nitrogens is 6. The average molecular weight is 512 g/mol. The average Bonchev–Trinajstić information content (AvgIpc) is 3.68. The van der Waals surface area contributed by atoms with Gasteiger partial charge in [0, 0.05) is 43.3 Å². The van der Waals surface area contributed by atoms with Crippen molar-refractivity contribution in [1.29, 1.82) is 5.26 Å². The van der Waals surface area contributed by atoms with Gasteiger partial charge in [0.15, 0.2) is 5.13 Å². The van der Waals surface area contributed by atoms with Gasteiger partial charge < -0.3 is 9.80 Å². The SMILES string of the molecule is Cc1c(C(=O)N2CCN(c3nc(-c4ccc(C#N)cc4)cs3)CC2)cnn1-c1nn2cccc2c(=O)[nH]1. The van der Waals surface area contributed by atoms with E-state index in [2.05, 4.69) is 26.2 Å². The third kappa shape index (κ3) is 4.05. The van der Waals surface area contributed by atoms with Crippen molar-refractivity contribution in [2.24, 2.45) is 0 Å². The van der Waals surface area contributed by atoms with E-state index in [9.17, 15) is 9.59 Å². The lowest BCUT2D eigenvalue weighted by atomic mass is 10.1. The highest BCUT2D eigenvalue weighted by Crippen LogP contribution is 2.28. The fourth-order valence-corrected chi connectivity index (χ4v) is 5.28. The summed E-state index contributed by atoms with van der Waals surface area (Å²) < 4.78 is 2.96. The quantitative estimate of drug-likeness (QED) is 0.393. The maximum Gasteiger partial charge on any atom is 0.276 e. The Labute approximate surface area is 214 Å². The number of amides is 1. The number of hydrogen-bond acceptors (Lipinski definition) is 8. The number of nitrogens with one attached hydrogen (secondary N) is 1. The number of nitrogens with zero attached hydrogens (tertiary/aromatic N) is 8. The third-order valence-electron chi connectivity index (χ3n) is 6.47. The van der Waals surface area contributed by atoms with E-state index in [-0.39, 0.29) is 17.4 Å². The molecule has 6 rings (SSSR count). The van der Waals surface area contributed by atoms with Gasteiger partial charge in [-0.05, 0) is 31.2 Å². The van der Waals surface area contributed by atoms with Crippen molar-refractivity contribution in [3.8, 4) is 23.3 Å². The molecule has 0 atom stereocenters. The maximum atomic E-state index is 13.3. The van der Waals surface area contributed by atoms with Crippen LogP contribution in [-0.4, -0.2) is 66.3 Å². The Morgan fingerprint density at radius 2 is 1.92 bits per heavy atom. The van der Waals surface area contributed by atoms with Crippen molar-refractivity contribution in [3.05, 3.63) is 81.3 Å². The number of H-pyrrole nitrogens is 1. The first-order valence-electron chi connectivity index (χ1n) is 11.6. The number of carbonyl (C=O) groups is 1. The van der Waals surface area contributed by atoms with Crippen LogP contribution in [0.15, 0.2) is 59.0 Å². The summed E-state index contributed by atoms with van der Waals surface area (Å²) in [7, 11) is 0. The van der Waals surface area contributed by atoms with E-state index in [0.29, 0.717) is 48.5 Å². The first-order chi connectivity index (χ1) is 18.0. The van der Waals surface area contributed by atoms with Crippen LogP contribution < -0.4 is 10.5 Å². The molecule has 37 heavy (non-hydrogen) atoms. The number of rotatable bonds is 4. The zero-order chi connectivity index (χ0) is 25.5. The molecule has 0 aliphatic carbocycles. The minimum absolute atomic E-state index is 0.106. The lowest BCUT2D eigenvalue weighted by Gasteiger charge is -2.34. The number of thiazole rings is 1. The molecule has 11 nitrogen and oxygen atoms in total. The third-order valence-corrected chi connectivity index (χ3v) is 7.37. The summed E-state index contributed by atoms with van der Waals surface area (Å²) in [4.78, 5) is 37.1. The van der Waals surface area contributed by atoms with Crippen molar-refractivity contribution < 1.29 is 4.79 Å². The highest BCUT2D eigenvalue weighted by molar-refractivity contribution is 7.14. The van der Waals surface area contributed by atoms with Crippen molar-refractivity contribution in [2.75, 3.05) is 31.1 Å². The minimum Gasteiger partial charge on any atom is -0.345 e. The molecule has 0 unspecified atom stereocenters. The zero-order valence-corrected chi connectivity index (χ0v) is 20.6. The Bertz CT molecular complexity index is 1710. The largest absolute Gasteiger partial charge is 0.345 e. The monoisotopic (exact) mass is 511 g/mol. The number of piperazine rings is 1. The van der Waals surface area contributed by atoms with E-state index < -0.39 is 0 Å². The molecule has 0 spiro atoms. The van der Waals surface area contributed by atoms with Gasteiger partial charge in [0.1, 0.15) is 5.52 Å². The number of benzene rings is 1. The van der Waals surface area contributed by atoms with Crippen LogP contribution in [-0.2, 0) is 0 Å². The molecule has 0 saturated carbocycles. The molecule has 1 aromatic carbocycles. The van der Waals surface area contributed by atoms with Gasteiger partial charge in [-0.2, -0.15) is 10.4 Å². The van der Waals surface area contributed by atoms with Crippen molar-refractivity contribution >= 4 is 27.9 Å². The lowest BCUT2D eigenvalue weighted by molar-refractivity contribution is 0.0746. The molecular formula is C25H21N9O2S. The summed E-state index contributed by atoms with van der Waals surface area (Å²) in [5.41, 5.74) is 3.69. The molecule has 1 N–H and O–H groups in total. The molecule has 5 aromatic rings. The number of anilines is 1. The highest BCUT2D eigenvalue weighted by Gasteiger charge is 2.27. The standard InChI is InChI=1S/C25H21N9O2S/c1-16-19(14-27-34(16)24-29-22(35)21-3-2-8-33(21)30-24)23(36)31-9-11-32(12-10-31)25-28-20(15-37-25)18-6-4-17(13-26)5-7-18/h2-8,14-15H,9-12H2,1H3,(H,29,30,35). The van der Waals surface area contributed by atoms with E-state index in [1.54, 1.807) is 48.7 Å². The second kappa shape index (κ2) is 9.03. The molecule has 1 amide bonds. The highest BCUT2D eigenvalue weighted by atomic mass is 32.1.